The summed E-state index contributed by atoms with van der Waals surface area (Å²) in [6.07, 6.45) is 0. The number of benzene rings is 2. The highest BCUT2D eigenvalue weighted by Gasteiger charge is 2.29. The van der Waals surface area contributed by atoms with Gasteiger partial charge >= 0.3 is 0 Å². The van der Waals surface area contributed by atoms with Crippen LogP contribution in [-0.4, -0.2) is 37.2 Å². The number of ether oxygens (including phenoxy) is 1. The van der Waals surface area contributed by atoms with Crippen molar-refractivity contribution in [3.05, 3.63) is 80.6 Å². The average Bonchev–Trinajstić information content (AvgIpc) is 3.03. The number of methoxy groups -OCH3 is 1. The minimum absolute atomic E-state index is 0.189. The van der Waals surface area contributed by atoms with Crippen LogP contribution in [0.2, 0.25) is 0 Å². The molecule has 6 heteroatoms. The number of carbonyl (C=O) groups excluding carboxylic acids is 1. The van der Waals surface area contributed by atoms with Crippen LogP contribution < -0.4 is 4.74 Å². The number of rotatable bonds is 5. The third kappa shape index (κ3) is 3.69. The standard InChI is InChI=1S/C22H23BrN2O3/c1-13-11-16(12-14(2)20(13)27-5)17(15-9-7-6-8-10-15)19-18(23)21(28-24-19)22(26)25(3)4/h6-12,17H,1-5H3. The van der Waals surface area contributed by atoms with Gasteiger partial charge in [0.25, 0.3) is 5.91 Å². The summed E-state index contributed by atoms with van der Waals surface area (Å²) < 4.78 is 11.5. The lowest BCUT2D eigenvalue weighted by molar-refractivity contribution is 0.0785. The molecule has 146 valence electrons. The Bertz CT molecular complexity index is 973. The molecule has 0 spiro atoms. The fraction of sp³-hybridized carbons (Fsp3) is 0.273. The minimum atomic E-state index is -0.237. The first-order chi connectivity index (χ1) is 13.3. The highest BCUT2D eigenvalue weighted by molar-refractivity contribution is 9.10. The monoisotopic (exact) mass is 442 g/mol. The molecule has 5 nitrogen and oxygen atoms in total. The summed E-state index contributed by atoms with van der Waals surface area (Å²) in [6, 6.07) is 14.2. The van der Waals surface area contributed by atoms with Gasteiger partial charge in [-0.1, -0.05) is 47.6 Å². The predicted molar refractivity (Wildman–Crippen MR) is 112 cm³/mol. The predicted octanol–water partition coefficient (Wildman–Crippen LogP) is 4.94. The van der Waals surface area contributed by atoms with Crippen molar-refractivity contribution in [3.63, 3.8) is 0 Å². The maximum absolute atomic E-state index is 12.4. The van der Waals surface area contributed by atoms with Crippen LogP contribution in [-0.2, 0) is 0 Å². The van der Waals surface area contributed by atoms with Gasteiger partial charge in [-0.25, -0.2) is 0 Å². The van der Waals surface area contributed by atoms with Crippen LogP contribution in [0.3, 0.4) is 0 Å². The number of aryl methyl sites for hydroxylation is 2. The van der Waals surface area contributed by atoms with E-state index in [1.165, 1.54) is 4.90 Å². The molecule has 0 N–H and O–H groups in total. The maximum atomic E-state index is 12.4. The molecule has 0 aliphatic heterocycles. The van der Waals surface area contributed by atoms with Crippen molar-refractivity contribution in [1.82, 2.24) is 10.1 Å². The van der Waals surface area contributed by atoms with Gasteiger partial charge in [0.05, 0.1) is 17.5 Å². The Morgan fingerprint density at radius 1 is 1.11 bits per heavy atom. The summed E-state index contributed by atoms with van der Waals surface area (Å²) in [7, 11) is 5.04. The summed E-state index contributed by atoms with van der Waals surface area (Å²) in [4.78, 5) is 13.9. The van der Waals surface area contributed by atoms with Gasteiger partial charge in [-0.05, 0) is 52.0 Å². The fourth-order valence-electron chi connectivity index (χ4n) is 3.43. The summed E-state index contributed by atoms with van der Waals surface area (Å²) in [5.74, 6) is 0.645. The number of amides is 1. The van der Waals surface area contributed by atoms with Gasteiger partial charge in [-0.2, -0.15) is 0 Å². The first kappa shape index (κ1) is 20.1. The van der Waals surface area contributed by atoms with Crippen LogP contribution in [0.1, 0.15) is 44.4 Å². The number of nitrogens with zero attached hydrogens (tertiary/aromatic N) is 2. The van der Waals surface area contributed by atoms with E-state index in [2.05, 4.69) is 33.2 Å². The van der Waals surface area contributed by atoms with Crippen LogP contribution >= 0.6 is 15.9 Å². The van der Waals surface area contributed by atoms with Crippen LogP contribution in [0.5, 0.6) is 5.75 Å². The zero-order chi connectivity index (χ0) is 20.4. The molecule has 0 aliphatic carbocycles. The van der Waals surface area contributed by atoms with Crippen molar-refractivity contribution in [2.45, 2.75) is 19.8 Å². The molecule has 0 radical (unpaired) electrons. The zero-order valence-electron chi connectivity index (χ0n) is 16.6. The molecule has 2 aromatic carbocycles. The average molecular weight is 443 g/mol. The van der Waals surface area contributed by atoms with Crippen molar-refractivity contribution in [2.75, 3.05) is 21.2 Å². The molecule has 1 heterocycles. The second-order valence-corrected chi connectivity index (χ2v) is 7.74. The Morgan fingerprint density at radius 3 is 2.25 bits per heavy atom. The first-order valence-corrected chi connectivity index (χ1v) is 9.71. The second-order valence-electron chi connectivity index (χ2n) is 6.94. The van der Waals surface area contributed by atoms with Crippen molar-refractivity contribution in [3.8, 4) is 5.75 Å². The third-order valence-electron chi connectivity index (χ3n) is 4.69. The molecular formula is C22H23BrN2O3. The third-order valence-corrected chi connectivity index (χ3v) is 5.45. The largest absolute Gasteiger partial charge is 0.496 e. The van der Waals surface area contributed by atoms with Gasteiger partial charge in [0, 0.05) is 14.1 Å². The van der Waals surface area contributed by atoms with E-state index in [1.807, 2.05) is 44.2 Å². The summed E-state index contributed by atoms with van der Waals surface area (Å²) in [6.45, 7) is 4.05. The number of carbonyl (C=O) groups is 1. The Labute approximate surface area is 173 Å². The SMILES string of the molecule is COc1c(C)cc(C(c2ccccc2)c2noc(C(=O)N(C)C)c2Br)cc1C. The lowest BCUT2D eigenvalue weighted by atomic mass is 9.86. The molecule has 0 bridgehead atoms. The van der Waals surface area contributed by atoms with Crippen molar-refractivity contribution >= 4 is 21.8 Å². The van der Waals surface area contributed by atoms with Crippen LogP contribution in [0.15, 0.2) is 51.5 Å². The number of aromatic nitrogens is 1. The van der Waals surface area contributed by atoms with Crippen LogP contribution in [0, 0.1) is 13.8 Å². The lowest BCUT2D eigenvalue weighted by Gasteiger charge is -2.19. The molecule has 1 amide bonds. The van der Waals surface area contributed by atoms with E-state index in [-0.39, 0.29) is 17.6 Å². The fourth-order valence-corrected chi connectivity index (χ4v) is 3.98. The molecule has 0 saturated heterocycles. The van der Waals surface area contributed by atoms with Crippen LogP contribution in [0.25, 0.3) is 0 Å². The molecule has 0 aliphatic rings. The zero-order valence-corrected chi connectivity index (χ0v) is 18.2. The van der Waals surface area contributed by atoms with E-state index in [1.54, 1.807) is 21.2 Å². The summed E-state index contributed by atoms with van der Waals surface area (Å²) in [5, 5.41) is 4.27. The minimum Gasteiger partial charge on any atom is -0.496 e. The molecule has 0 fully saturated rings. The quantitative estimate of drug-likeness (QED) is 0.560. The highest BCUT2D eigenvalue weighted by Crippen LogP contribution is 2.39. The molecule has 1 unspecified atom stereocenters. The summed E-state index contributed by atoms with van der Waals surface area (Å²) >= 11 is 3.55. The van der Waals surface area contributed by atoms with E-state index in [0.29, 0.717) is 10.2 Å². The van der Waals surface area contributed by atoms with Crippen molar-refractivity contribution < 1.29 is 14.1 Å². The van der Waals surface area contributed by atoms with Crippen LogP contribution in [0.4, 0.5) is 0 Å². The van der Waals surface area contributed by atoms with E-state index in [0.717, 1.165) is 28.0 Å². The highest BCUT2D eigenvalue weighted by atomic mass is 79.9. The number of halogens is 1. The van der Waals surface area contributed by atoms with Gasteiger partial charge in [-0.3, -0.25) is 4.79 Å². The maximum Gasteiger partial charge on any atom is 0.293 e. The van der Waals surface area contributed by atoms with Gasteiger partial charge in [0.15, 0.2) is 0 Å². The molecule has 0 saturated carbocycles. The van der Waals surface area contributed by atoms with Gasteiger partial charge in [0.1, 0.15) is 11.4 Å². The Balaban J connectivity index is 2.20. The van der Waals surface area contributed by atoms with Gasteiger partial charge < -0.3 is 14.2 Å². The van der Waals surface area contributed by atoms with E-state index in [9.17, 15) is 4.79 Å². The van der Waals surface area contributed by atoms with E-state index in [4.69, 9.17) is 9.26 Å². The molecule has 1 atom stereocenters. The Kier molecular flexibility index (Phi) is 5.89. The number of hydrogen-bond donors (Lipinski definition) is 0. The summed E-state index contributed by atoms with van der Waals surface area (Å²) in [5.41, 5.74) is 4.87. The molecule has 28 heavy (non-hydrogen) atoms. The Morgan fingerprint density at radius 2 is 1.71 bits per heavy atom. The lowest BCUT2D eigenvalue weighted by Crippen LogP contribution is -2.21. The topological polar surface area (TPSA) is 55.6 Å². The first-order valence-electron chi connectivity index (χ1n) is 8.92. The molecule has 3 rings (SSSR count). The Hall–Kier alpha value is -2.60. The van der Waals surface area contributed by atoms with E-state index < -0.39 is 0 Å². The van der Waals surface area contributed by atoms with Gasteiger partial charge in [-0.15, -0.1) is 0 Å². The molecular weight excluding hydrogens is 420 g/mol. The molecule has 1 aromatic heterocycles. The second kappa shape index (κ2) is 8.19. The smallest absolute Gasteiger partial charge is 0.293 e. The van der Waals surface area contributed by atoms with E-state index >= 15 is 0 Å². The van der Waals surface area contributed by atoms with Crippen molar-refractivity contribution in [1.29, 1.82) is 0 Å². The normalized spacial score (nSPS) is 11.9. The number of hydrogen-bond acceptors (Lipinski definition) is 4. The molecule has 3 aromatic rings. The van der Waals surface area contributed by atoms with Crippen molar-refractivity contribution in [2.24, 2.45) is 0 Å². The van der Waals surface area contributed by atoms with Gasteiger partial charge in [0.2, 0.25) is 5.76 Å².